The number of morpholine rings is 1. The van der Waals surface area contributed by atoms with Crippen LogP contribution in [0.25, 0.3) is 44.1 Å². The number of nitrogens with zero attached hydrogens (tertiary/aromatic N) is 3. The molecule has 1 fully saturated rings. The molecular weight excluding hydrogens is 505 g/mol. The zero-order valence-corrected chi connectivity index (χ0v) is 21.3. The van der Waals surface area contributed by atoms with Gasteiger partial charge in [0.05, 0.1) is 40.9 Å². The zero-order valence-electron chi connectivity index (χ0n) is 21.3. The van der Waals surface area contributed by atoms with Crippen molar-refractivity contribution in [3.8, 4) is 11.1 Å². The number of aromatic carboxylic acids is 1. The topological polar surface area (TPSA) is 146 Å². The van der Waals surface area contributed by atoms with Gasteiger partial charge in [-0.15, -0.1) is 0 Å². The highest BCUT2D eigenvalue weighted by molar-refractivity contribution is 6.17. The van der Waals surface area contributed by atoms with Crippen LogP contribution in [-0.2, 0) is 11.3 Å². The van der Waals surface area contributed by atoms with Crippen LogP contribution >= 0.6 is 0 Å². The number of carboxylic acids is 1. The number of halogens is 1. The first kappa shape index (κ1) is 24.8. The molecule has 0 radical (unpaired) electrons. The van der Waals surface area contributed by atoms with Crippen LogP contribution in [0, 0.1) is 5.82 Å². The van der Waals surface area contributed by atoms with Gasteiger partial charge in [0.1, 0.15) is 22.7 Å². The van der Waals surface area contributed by atoms with Gasteiger partial charge in [0.25, 0.3) is 0 Å². The van der Waals surface area contributed by atoms with Crippen molar-refractivity contribution >= 4 is 50.3 Å². The summed E-state index contributed by atoms with van der Waals surface area (Å²) in [5.41, 5.74) is 3.13. The van der Waals surface area contributed by atoms with E-state index in [9.17, 15) is 19.1 Å². The normalized spacial score (nSPS) is 15.7. The fourth-order valence-corrected chi connectivity index (χ4v) is 5.29. The Morgan fingerprint density at radius 3 is 2.77 bits per heavy atom. The molecule has 5 N–H and O–H groups in total. The molecule has 11 nitrogen and oxygen atoms in total. The van der Waals surface area contributed by atoms with Crippen molar-refractivity contribution in [3.63, 3.8) is 0 Å². The van der Waals surface area contributed by atoms with Crippen LogP contribution < -0.4 is 21.4 Å². The van der Waals surface area contributed by atoms with Gasteiger partial charge >= 0.3 is 5.97 Å². The van der Waals surface area contributed by atoms with E-state index >= 15 is 0 Å². The summed E-state index contributed by atoms with van der Waals surface area (Å²) in [6.45, 7) is 2.14. The number of nitrogens with one attached hydrogen (secondary N) is 4. The average molecular weight is 532 g/mol. The second-order valence-corrected chi connectivity index (χ2v) is 9.42. The molecule has 0 amide bonds. The van der Waals surface area contributed by atoms with Crippen molar-refractivity contribution < 1.29 is 19.0 Å². The number of benzene rings is 1. The maximum absolute atomic E-state index is 14.5. The number of pyridine rings is 3. The van der Waals surface area contributed by atoms with Gasteiger partial charge in [-0.3, -0.25) is 4.79 Å². The predicted octanol–water partition coefficient (Wildman–Crippen LogP) is 3.00. The lowest BCUT2D eigenvalue weighted by Gasteiger charge is -2.25. The van der Waals surface area contributed by atoms with E-state index in [1.54, 1.807) is 37.1 Å². The van der Waals surface area contributed by atoms with E-state index in [2.05, 4.69) is 30.9 Å². The van der Waals surface area contributed by atoms with E-state index in [1.807, 2.05) is 0 Å². The number of rotatable bonds is 6. The Morgan fingerprint density at radius 2 is 2.05 bits per heavy atom. The third-order valence-electron chi connectivity index (χ3n) is 7.08. The lowest BCUT2D eigenvalue weighted by Crippen LogP contribution is -2.44. The molecule has 1 saturated heterocycles. The fraction of sp³-hybridized carbons (Fsp3) is 0.259. The minimum atomic E-state index is -1.31. The Morgan fingerprint density at radius 1 is 1.21 bits per heavy atom. The molecule has 1 aromatic carbocycles. The molecule has 4 aromatic heterocycles. The number of ether oxygens (including phenoxy) is 1. The minimum absolute atomic E-state index is 0.0557. The van der Waals surface area contributed by atoms with Crippen molar-refractivity contribution in [1.29, 1.82) is 0 Å². The largest absolute Gasteiger partial charge is 0.477 e. The Bertz CT molecular complexity index is 1830. The van der Waals surface area contributed by atoms with E-state index in [4.69, 9.17) is 4.74 Å². The summed E-state index contributed by atoms with van der Waals surface area (Å²) in [4.78, 5) is 37.6. The molecule has 0 spiro atoms. The second-order valence-electron chi connectivity index (χ2n) is 9.42. The molecule has 39 heavy (non-hydrogen) atoms. The number of anilines is 2. The molecule has 1 unspecified atom stereocenters. The van der Waals surface area contributed by atoms with Gasteiger partial charge in [0.15, 0.2) is 0 Å². The molecule has 0 saturated carbocycles. The van der Waals surface area contributed by atoms with E-state index in [1.165, 1.54) is 18.3 Å². The Labute approximate surface area is 221 Å². The average Bonchev–Trinajstić information content (AvgIpc) is 3.32. The van der Waals surface area contributed by atoms with Gasteiger partial charge < -0.3 is 35.3 Å². The third-order valence-corrected chi connectivity index (χ3v) is 7.08. The van der Waals surface area contributed by atoms with Gasteiger partial charge in [-0.1, -0.05) is 0 Å². The molecule has 1 aliphatic heterocycles. The van der Waals surface area contributed by atoms with Crippen LogP contribution in [0.15, 0.2) is 41.6 Å². The molecule has 12 heteroatoms. The zero-order chi connectivity index (χ0) is 27.3. The van der Waals surface area contributed by atoms with Gasteiger partial charge in [-0.2, -0.15) is 0 Å². The maximum Gasteiger partial charge on any atom is 0.341 e. The number of carboxylic acid groups (broad SMARTS) is 1. The van der Waals surface area contributed by atoms with E-state index in [0.29, 0.717) is 76.4 Å². The Hall–Kier alpha value is -4.55. The second kappa shape index (κ2) is 9.64. The highest BCUT2D eigenvalue weighted by atomic mass is 19.1. The van der Waals surface area contributed by atoms with E-state index in [-0.39, 0.29) is 17.0 Å². The monoisotopic (exact) mass is 531 g/mol. The number of aromatic amines is 1. The summed E-state index contributed by atoms with van der Waals surface area (Å²) in [6.07, 6.45) is 4.61. The number of aromatic nitrogens is 4. The highest BCUT2D eigenvalue weighted by Crippen LogP contribution is 2.39. The maximum atomic E-state index is 14.5. The first-order valence-corrected chi connectivity index (χ1v) is 12.5. The van der Waals surface area contributed by atoms with Crippen molar-refractivity contribution in [1.82, 2.24) is 24.8 Å². The Balaban J connectivity index is 1.56. The van der Waals surface area contributed by atoms with Crippen molar-refractivity contribution in [2.45, 2.75) is 12.6 Å². The molecule has 6 rings (SSSR count). The molecule has 5 aromatic rings. The lowest BCUT2D eigenvalue weighted by molar-refractivity contribution is 0.0690. The number of hydrogen-bond acceptors (Lipinski definition) is 8. The van der Waals surface area contributed by atoms with E-state index in [0.717, 1.165) is 0 Å². The third kappa shape index (κ3) is 4.14. The number of carbonyl (C=O) groups is 1. The Kier molecular flexibility index (Phi) is 6.12. The minimum Gasteiger partial charge on any atom is -0.477 e. The van der Waals surface area contributed by atoms with Gasteiger partial charge in [0, 0.05) is 68.3 Å². The van der Waals surface area contributed by atoms with Crippen LogP contribution in [0.2, 0.25) is 0 Å². The summed E-state index contributed by atoms with van der Waals surface area (Å²) >= 11 is 0. The molecule has 0 bridgehead atoms. The molecule has 5 heterocycles. The predicted molar refractivity (Wildman–Crippen MR) is 147 cm³/mol. The molecular formula is C27H26FN7O4. The van der Waals surface area contributed by atoms with Crippen molar-refractivity contribution in [3.05, 3.63) is 58.4 Å². The summed E-state index contributed by atoms with van der Waals surface area (Å²) in [5, 5.41) is 20.8. The first-order chi connectivity index (χ1) is 18.9. The van der Waals surface area contributed by atoms with Crippen LogP contribution in [0.4, 0.5) is 15.8 Å². The quantitative estimate of drug-likeness (QED) is 0.223. The summed E-state index contributed by atoms with van der Waals surface area (Å²) in [7, 11) is 3.46. The van der Waals surface area contributed by atoms with E-state index < -0.39 is 17.2 Å². The van der Waals surface area contributed by atoms with Crippen LogP contribution in [-0.4, -0.2) is 70.5 Å². The molecule has 1 atom stereocenters. The van der Waals surface area contributed by atoms with Gasteiger partial charge in [0.2, 0.25) is 5.43 Å². The highest BCUT2D eigenvalue weighted by Gasteiger charge is 2.22. The fourth-order valence-electron chi connectivity index (χ4n) is 5.29. The first-order valence-electron chi connectivity index (χ1n) is 12.5. The van der Waals surface area contributed by atoms with Crippen LogP contribution in [0.5, 0.6) is 0 Å². The standard InChI is InChI=1S/C27H26FN7O4/c1-29-20-7-14(28)6-16-21-23(30-2)18(9-32-25(21)34-22(16)20)13-5-17-24(36)19(27(37)38)11-35(26(17)33-8-13)10-15-12-39-4-3-31-15/h5-9,11,15,29,31H,3-4,10,12H2,1-2H3,(H,37,38)(H2,30,32,34). The van der Waals surface area contributed by atoms with Crippen molar-refractivity contribution in [2.24, 2.45) is 0 Å². The number of hydrogen-bond donors (Lipinski definition) is 5. The van der Waals surface area contributed by atoms with Gasteiger partial charge in [-0.25, -0.2) is 19.2 Å². The summed E-state index contributed by atoms with van der Waals surface area (Å²) in [6, 6.07) is 4.43. The molecule has 1 aliphatic rings. The number of H-pyrrole nitrogens is 1. The van der Waals surface area contributed by atoms with Crippen LogP contribution in [0.1, 0.15) is 10.4 Å². The summed E-state index contributed by atoms with van der Waals surface area (Å²) < 4.78 is 21.7. The summed E-state index contributed by atoms with van der Waals surface area (Å²) in [5.74, 6) is -1.71. The number of fused-ring (bicyclic) bond motifs is 4. The molecule has 200 valence electrons. The van der Waals surface area contributed by atoms with Crippen molar-refractivity contribution in [2.75, 3.05) is 44.5 Å². The van der Waals surface area contributed by atoms with Gasteiger partial charge in [-0.05, 0) is 18.2 Å². The SMILES string of the molecule is CNc1cc(F)cc2c1[nH]c1ncc(-c3cnc4c(c3)c(=O)c(C(=O)O)cn4CC3COCCN3)c(NC)c12. The molecule has 0 aliphatic carbocycles. The van der Waals surface area contributed by atoms with Crippen LogP contribution in [0.3, 0.4) is 0 Å². The smallest absolute Gasteiger partial charge is 0.341 e. The lowest BCUT2D eigenvalue weighted by atomic mass is 10.0.